The van der Waals surface area contributed by atoms with Crippen LogP contribution in [0.25, 0.3) is 10.9 Å². The Labute approximate surface area is 90.2 Å². The van der Waals surface area contributed by atoms with Gasteiger partial charge in [-0.05, 0) is 12.1 Å². The summed E-state index contributed by atoms with van der Waals surface area (Å²) < 4.78 is 18.8. The monoisotopic (exact) mass is 227 g/mol. The fraction of sp³-hybridized carbons (Fsp3) is 0.100. The lowest BCUT2D eigenvalue weighted by Gasteiger charge is -2.07. The number of aromatic nitrogens is 1. The maximum atomic E-state index is 13.3. The summed E-state index contributed by atoms with van der Waals surface area (Å²) in [7, 11) is 1.34. The summed E-state index contributed by atoms with van der Waals surface area (Å²) in [4.78, 5) is 0. The minimum absolute atomic E-state index is 0.0274. The van der Waals surface area contributed by atoms with Crippen LogP contribution in [0.5, 0.6) is 5.75 Å². The predicted octanol–water partition coefficient (Wildman–Crippen LogP) is 2.27. The van der Waals surface area contributed by atoms with E-state index in [0.717, 1.165) is 0 Å². The fourth-order valence-corrected chi connectivity index (χ4v) is 1.66. The molecule has 0 radical (unpaired) electrons. The minimum Gasteiger partial charge on any atom is -0.618 e. The molecule has 0 spiro atoms. The number of rotatable bonds is 1. The van der Waals surface area contributed by atoms with Crippen molar-refractivity contribution < 1.29 is 13.9 Å². The number of hydrogen-bond donors (Lipinski definition) is 0. The van der Waals surface area contributed by atoms with Gasteiger partial charge in [0.1, 0.15) is 5.02 Å². The Balaban J connectivity index is 2.91. The van der Waals surface area contributed by atoms with E-state index in [1.807, 2.05) is 0 Å². The SMILES string of the molecule is COc1c(F)ccc2c1cc(Cl)c[n+]2[O-]. The van der Waals surface area contributed by atoms with Gasteiger partial charge in [0.15, 0.2) is 17.8 Å². The highest BCUT2D eigenvalue weighted by molar-refractivity contribution is 6.31. The number of halogens is 2. The van der Waals surface area contributed by atoms with E-state index in [1.165, 1.54) is 31.5 Å². The second-order valence-corrected chi connectivity index (χ2v) is 3.43. The highest BCUT2D eigenvalue weighted by Gasteiger charge is 2.14. The van der Waals surface area contributed by atoms with E-state index in [0.29, 0.717) is 15.6 Å². The van der Waals surface area contributed by atoms with E-state index in [1.54, 1.807) is 0 Å². The molecular formula is C10H7ClFNO2. The first-order valence-corrected chi connectivity index (χ1v) is 4.56. The molecule has 0 fully saturated rings. The molecule has 2 rings (SSSR count). The van der Waals surface area contributed by atoms with Crippen LogP contribution in [-0.2, 0) is 0 Å². The van der Waals surface area contributed by atoms with Crippen LogP contribution in [0.15, 0.2) is 24.4 Å². The maximum absolute atomic E-state index is 13.3. The Morgan fingerprint density at radius 3 is 2.87 bits per heavy atom. The quantitative estimate of drug-likeness (QED) is 0.554. The standard InChI is InChI=1S/C10H7ClFNO2/c1-15-10-7-4-6(11)5-13(14)9(7)3-2-8(10)12/h2-5H,1H3. The van der Waals surface area contributed by atoms with Gasteiger partial charge in [-0.2, -0.15) is 4.73 Å². The molecular weight excluding hydrogens is 221 g/mol. The molecule has 0 saturated carbocycles. The lowest BCUT2D eigenvalue weighted by atomic mass is 10.2. The molecule has 78 valence electrons. The van der Waals surface area contributed by atoms with Gasteiger partial charge in [-0.1, -0.05) is 11.6 Å². The van der Waals surface area contributed by atoms with Crippen LogP contribution in [-0.4, -0.2) is 7.11 Å². The third-order valence-corrected chi connectivity index (χ3v) is 2.30. The summed E-state index contributed by atoms with van der Waals surface area (Å²) in [5.74, 6) is -0.494. The molecule has 5 heteroatoms. The number of nitrogens with zero attached hydrogens (tertiary/aromatic N) is 1. The van der Waals surface area contributed by atoms with Crippen LogP contribution >= 0.6 is 11.6 Å². The molecule has 0 bridgehead atoms. The zero-order chi connectivity index (χ0) is 11.0. The zero-order valence-corrected chi connectivity index (χ0v) is 8.58. The first kappa shape index (κ1) is 9.98. The van der Waals surface area contributed by atoms with Crippen molar-refractivity contribution in [2.45, 2.75) is 0 Å². The Kier molecular flexibility index (Phi) is 2.36. The first-order valence-electron chi connectivity index (χ1n) is 4.18. The Morgan fingerprint density at radius 2 is 2.20 bits per heavy atom. The Morgan fingerprint density at radius 1 is 1.47 bits per heavy atom. The van der Waals surface area contributed by atoms with Gasteiger partial charge >= 0.3 is 0 Å². The number of pyridine rings is 1. The molecule has 0 aliphatic carbocycles. The fourth-order valence-electron chi connectivity index (χ4n) is 1.46. The maximum Gasteiger partial charge on any atom is 0.227 e. The molecule has 0 saturated heterocycles. The highest BCUT2D eigenvalue weighted by atomic mass is 35.5. The van der Waals surface area contributed by atoms with Crippen molar-refractivity contribution in [2.75, 3.05) is 7.11 Å². The zero-order valence-electron chi connectivity index (χ0n) is 7.83. The summed E-state index contributed by atoms with van der Waals surface area (Å²) in [5, 5.41) is 12.0. The van der Waals surface area contributed by atoms with Crippen LogP contribution in [0.1, 0.15) is 0 Å². The van der Waals surface area contributed by atoms with Gasteiger partial charge in [0.2, 0.25) is 5.52 Å². The smallest absolute Gasteiger partial charge is 0.227 e. The van der Waals surface area contributed by atoms with Crippen molar-refractivity contribution in [3.05, 3.63) is 40.4 Å². The van der Waals surface area contributed by atoms with Gasteiger partial charge in [-0.3, -0.25) is 0 Å². The van der Waals surface area contributed by atoms with Gasteiger partial charge in [-0.25, -0.2) is 4.39 Å². The number of ether oxygens (including phenoxy) is 1. The molecule has 1 heterocycles. The van der Waals surface area contributed by atoms with Gasteiger partial charge in [0.05, 0.1) is 12.5 Å². The molecule has 1 aromatic carbocycles. The largest absolute Gasteiger partial charge is 0.618 e. The molecule has 0 amide bonds. The molecule has 15 heavy (non-hydrogen) atoms. The van der Waals surface area contributed by atoms with Gasteiger partial charge in [0, 0.05) is 6.07 Å². The average Bonchev–Trinajstić information content (AvgIpc) is 2.17. The van der Waals surface area contributed by atoms with Crippen LogP contribution in [0.4, 0.5) is 4.39 Å². The van der Waals surface area contributed by atoms with Gasteiger partial charge in [0.25, 0.3) is 0 Å². The first-order chi connectivity index (χ1) is 7.13. The molecule has 0 atom stereocenters. The highest BCUT2D eigenvalue weighted by Crippen LogP contribution is 2.28. The summed E-state index contributed by atoms with van der Waals surface area (Å²) in [5.41, 5.74) is 0.317. The van der Waals surface area contributed by atoms with Gasteiger partial charge in [-0.15, -0.1) is 0 Å². The lowest BCUT2D eigenvalue weighted by Crippen LogP contribution is -2.26. The third-order valence-electron chi connectivity index (χ3n) is 2.09. The van der Waals surface area contributed by atoms with Crippen LogP contribution in [0.2, 0.25) is 5.02 Å². The molecule has 2 aromatic rings. The predicted molar refractivity (Wildman–Crippen MR) is 54.4 cm³/mol. The van der Waals surface area contributed by atoms with Crippen molar-refractivity contribution in [2.24, 2.45) is 0 Å². The average molecular weight is 228 g/mol. The molecule has 1 aromatic heterocycles. The van der Waals surface area contributed by atoms with E-state index < -0.39 is 5.82 Å². The van der Waals surface area contributed by atoms with Crippen molar-refractivity contribution in [3.8, 4) is 5.75 Å². The summed E-state index contributed by atoms with van der Waals surface area (Å²) in [6.45, 7) is 0. The van der Waals surface area contributed by atoms with Crippen LogP contribution in [0, 0.1) is 11.0 Å². The number of fused-ring (bicyclic) bond motifs is 1. The van der Waals surface area contributed by atoms with E-state index in [4.69, 9.17) is 16.3 Å². The van der Waals surface area contributed by atoms with Crippen molar-refractivity contribution in [1.82, 2.24) is 0 Å². The van der Waals surface area contributed by atoms with Crippen LogP contribution in [0.3, 0.4) is 0 Å². The summed E-state index contributed by atoms with van der Waals surface area (Å²) >= 11 is 5.71. The van der Waals surface area contributed by atoms with E-state index in [-0.39, 0.29) is 10.8 Å². The Bertz CT molecular complexity index is 530. The van der Waals surface area contributed by atoms with Crippen LogP contribution < -0.4 is 9.47 Å². The Hall–Kier alpha value is -1.55. The summed E-state index contributed by atoms with van der Waals surface area (Å²) in [6.07, 6.45) is 1.21. The third kappa shape index (κ3) is 1.57. The second kappa shape index (κ2) is 3.55. The van der Waals surface area contributed by atoms with Crippen molar-refractivity contribution in [1.29, 1.82) is 0 Å². The number of benzene rings is 1. The van der Waals surface area contributed by atoms with E-state index in [9.17, 15) is 9.60 Å². The molecule has 3 nitrogen and oxygen atoms in total. The van der Waals surface area contributed by atoms with Crippen molar-refractivity contribution >= 4 is 22.5 Å². The van der Waals surface area contributed by atoms with E-state index >= 15 is 0 Å². The molecule has 0 unspecified atom stereocenters. The molecule has 0 N–H and O–H groups in total. The van der Waals surface area contributed by atoms with Gasteiger partial charge < -0.3 is 9.94 Å². The van der Waals surface area contributed by atoms with Crippen molar-refractivity contribution in [3.63, 3.8) is 0 Å². The number of methoxy groups -OCH3 is 1. The topological polar surface area (TPSA) is 36.2 Å². The second-order valence-electron chi connectivity index (χ2n) is 3.00. The lowest BCUT2D eigenvalue weighted by molar-refractivity contribution is -0.576. The normalized spacial score (nSPS) is 10.6. The summed E-state index contributed by atoms with van der Waals surface area (Å²) in [6, 6.07) is 4.06. The van der Waals surface area contributed by atoms with E-state index in [2.05, 4.69) is 0 Å². The molecule has 0 aliphatic heterocycles. The minimum atomic E-state index is -0.521. The molecule has 0 aliphatic rings. The number of hydrogen-bond acceptors (Lipinski definition) is 2.